The summed E-state index contributed by atoms with van der Waals surface area (Å²) in [4.78, 5) is 4.75. The van der Waals surface area contributed by atoms with Crippen LogP contribution in [0.3, 0.4) is 0 Å². The third-order valence-corrected chi connectivity index (χ3v) is 4.87. The van der Waals surface area contributed by atoms with E-state index in [0.29, 0.717) is 10.0 Å². The maximum absolute atomic E-state index is 6.32. The Hall–Kier alpha value is -2.29. The van der Waals surface area contributed by atoms with Crippen LogP contribution in [0.4, 0.5) is 11.4 Å². The molecule has 4 heteroatoms. The minimum Gasteiger partial charge on any atom is -0.354 e. The molecule has 118 valence electrons. The van der Waals surface area contributed by atoms with Crippen molar-refractivity contribution in [2.45, 2.75) is 6.92 Å². The highest BCUT2D eigenvalue weighted by atomic mass is 35.5. The van der Waals surface area contributed by atoms with Gasteiger partial charge in [0, 0.05) is 22.2 Å². The third-order valence-electron chi connectivity index (χ3n) is 4.05. The Morgan fingerprint density at radius 1 is 0.833 bits per heavy atom. The standard InChI is InChI=1S/C20H14Cl2N2/c1-12-11-18(24-17-8-4-7-16(21)19(17)22)15-10-9-13-5-2-3-6-14(13)20(15)23-12/h2-11H,1H3,(H,23,24). The molecule has 1 aromatic heterocycles. The zero-order chi connectivity index (χ0) is 16.7. The highest BCUT2D eigenvalue weighted by molar-refractivity contribution is 6.43. The molecule has 0 bridgehead atoms. The van der Waals surface area contributed by atoms with Crippen molar-refractivity contribution in [3.63, 3.8) is 0 Å². The Balaban J connectivity index is 1.95. The number of halogens is 2. The monoisotopic (exact) mass is 352 g/mol. The van der Waals surface area contributed by atoms with Crippen LogP contribution in [0.25, 0.3) is 21.7 Å². The number of benzene rings is 3. The van der Waals surface area contributed by atoms with Crippen molar-refractivity contribution in [1.29, 1.82) is 0 Å². The Kier molecular flexibility index (Phi) is 3.79. The van der Waals surface area contributed by atoms with Crippen LogP contribution in [-0.4, -0.2) is 4.98 Å². The molecule has 0 aliphatic carbocycles. The van der Waals surface area contributed by atoms with Crippen LogP contribution in [0.15, 0.2) is 60.7 Å². The average Bonchev–Trinajstić information content (AvgIpc) is 2.59. The normalized spacial score (nSPS) is 11.1. The number of aryl methyl sites for hydroxylation is 1. The van der Waals surface area contributed by atoms with Crippen LogP contribution < -0.4 is 5.32 Å². The van der Waals surface area contributed by atoms with E-state index in [1.165, 1.54) is 5.39 Å². The van der Waals surface area contributed by atoms with Crippen molar-refractivity contribution in [3.05, 3.63) is 76.4 Å². The Morgan fingerprint density at radius 2 is 1.67 bits per heavy atom. The molecule has 24 heavy (non-hydrogen) atoms. The van der Waals surface area contributed by atoms with Gasteiger partial charge in [-0.25, -0.2) is 0 Å². The molecule has 4 aromatic rings. The number of anilines is 2. The molecule has 2 nitrogen and oxygen atoms in total. The van der Waals surface area contributed by atoms with Crippen LogP contribution >= 0.6 is 23.2 Å². The van der Waals surface area contributed by atoms with Crippen LogP contribution in [0.5, 0.6) is 0 Å². The smallest absolute Gasteiger partial charge is 0.0827 e. The highest BCUT2D eigenvalue weighted by Crippen LogP contribution is 2.35. The lowest BCUT2D eigenvalue weighted by Gasteiger charge is -2.14. The van der Waals surface area contributed by atoms with Gasteiger partial charge in [-0.1, -0.05) is 65.7 Å². The van der Waals surface area contributed by atoms with Crippen molar-refractivity contribution in [1.82, 2.24) is 4.98 Å². The van der Waals surface area contributed by atoms with Crippen molar-refractivity contribution in [2.75, 3.05) is 5.32 Å². The fourth-order valence-corrected chi connectivity index (χ4v) is 3.28. The van der Waals surface area contributed by atoms with E-state index in [0.717, 1.165) is 33.4 Å². The van der Waals surface area contributed by atoms with E-state index in [1.54, 1.807) is 6.07 Å². The summed E-state index contributed by atoms with van der Waals surface area (Å²) in [5.41, 5.74) is 3.67. The SMILES string of the molecule is Cc1cc(Nc2cccc(Cl)c2Cl)c2ccc3ccccc3c2n1. The summed E-state index contributed by atoms with van der Waals surface area (Å²) in [5, 5.41) is 7.82. The zero-order valence-electron chi connectivity index (χ0n) is 13.0. The first kappa shape index (κ1) is 15.3. The molecule has 0 spiro atoms. The maximum atomic E-state index is 6.32. The second-order valence-corrected chi connectivity index (χ2v) is 6.51. The van der Waals surface area contributed by atoms with Gasteiger partial charge < -0.3 is 5.32 Å². The molecular formula is C20H14Cl2N2. The summed E-state index contributed by atoms with van der Waals surface area (Å²) in [6.45, 7) is 1.99. The first-order chi connectivity index (χ1) is 11.6. The molecule has 0 amide bonds. The van der Waals surface area contributed by atoms with Gasteiger partial charge in [-0.3, -0.25) is 4.98 Å². The van der Waals surface area contributed by atoms with Gasteiger partial charge in [-0.2, -0.15) is 0 Å². The van der Waals surface area contributed by atoms with E-state index in [-0.39, 0.29) is 0 Å². The molecular weight excluding hydrogens is 339 g/mol. The van der Waals surface area contributed by atoms with Gasteiger partial charge in [-0.05, 0) is 30.5 Å². The molecule has 0 radical (unpaired) electrons. The molecule has 0 saturated heterocycles. The van der Waals surface area contributed by atoms with Gasteiger partial charge in [0.05, 0.1) is 21.2 Å². The molecule has 1 N–H and O–H groups in total. The van der Waals surface area contributed by atoms with E-state index >= 15 is 0 Å². The van der Waals surface area contributed by atoms with Crippen molar-refractivity contribution < 1.29 is 0 Å². The molecule has 0 atom stereocenters. The molecule has 0 unspecified atom stereocenters. The molecule has 0 aliphatic rings. The number of fused-ring (bicyclic) bond motifs is 3. The lowest BCUT2D eigenvalue weighted by Crippen LogP contribution is -1.96. The van der Waals surface area contributed by atoms with Crippen LogP contribution in [0.2, 0.25) is 10.0 Å². The van der Waals surface area contributed by atoms with Gasteiger partial charge >= 0.3 is 0 Å². The van der Waals surface area contributed by atoms with E-state index in [2.05, 4.69) is 29.6 Å². The van der Waals surface area contributed by atoms with E-state index in [1.807, 2.05) is 37.3 Å². The number of rotatable bonds is 2. The average molecular weight is 353 g/mol. The lowest BCUT2D eigenvalue weighted by atomic mass is 10.0. The molecule has 1 heterocycles. The molecule has 0 fully saturated rings. The number of nitrogens with one attached hydrogen (secondary N) is 1. The van der Waals surface area contributed by atoms with Crippen molar-refractivity contribution in [2.24, 2.45) is 0 Å². The summed E-state index contributed by atoms with van der Waals surface area (Å²) in [6.07, 6.45) is 0. The van der Waals surface area contributed by atoms with E-state index in [9.17, 15) is 0 Å². The van der Waals surface area contributed by atoms with E-state index in [4.69, 9.17) is 28.2 Å². The van der Waals surface area contributed by atoms with Crippen molar-refractivity contribution >= 4 is 56.3 Å². The molecule has 0 saturated carbocycles. The lowest BCUT2D eigenvalue weighted by molar-refractivity contribution is 1.26. The second-order valence-electron chi connectivity index (χ2n) is 5.72. The number of pyridine rings is 1. The van der Waals surface area contributed by atoms with Gasteiger partial charge in [0.25, 0.3) is 0 Å². The van der Waals surface area contributed by atoms with Gasteiger partial charge in [0.15, 0.2) is 0 Å². The van der Waals surface area contributed by atoms with Crippen LogP contribution in [0.1, 0.15) is 5.69 Å². The number of nitrogens with zero attached hydrogens (tertiary/aromatic N) is 1. The maximum Gasteiger partial charge on any atom is 0.0827 e. The molecule has 0 aliphatic heterocycles. The molecule has 3 aromatic carbocycles. The zero-order valence-corrected chi connectivity index (χ0v) is 14.5. The fourth-order valence-electron chi connectivity index (χ4n) is 2.94. The minimum absolute atomic E-state index is 0.516. The third kappa shape index (κ3) is 2.58. The Bertz CT molecular complexity index is 1070. The second kappa shape index (κ2) is 5.97. The minimum atomic E-state index is 0.516. The Labute approximate surface area is 150 Å². The van der Waals surface area contributed by atoms with Crippen LogP contribution in [0, 0.1) is 6.92 Å². The first-order valence-electron chi connectivity index (χ1n) is 7.63. The molecule has 4 rings (SSSR count). The van der Waals surface area contributed by atoms with Crippen LogP contribution in [-0.2, 0) is 0 Å². The van der Waals surface area contributed by atoms with Gasteiger partial charge in [0.1, 0.15) is 0 Å². The predicted octanol–water partition coefficient (Wildman–Crippen LogP) is 6.75. The summed E-state index contributed by atoms with van der Waals surface area (Å²) >= 11 is 12.4. The van der Waals surface area contributed by atoms with E-state index < -0.39 is 0 Å². The predicted molar refractivity (Wildman–Crippen MR) is 104 cm³/mol. The van der Waals surface area contributed by atoms with Gasteiger partial charge in [-0.15, -0.1) is 0 Å². The van der Waals surface area contributed by atoms with Gasteiger partial charge in [0.2, 0.25) is 0 Å². The largest absolute Gasteiger partial charge is 0.354 e. The topological polar surface area (TPSA) is 24.9 Å². The fraction of sp³-hybridized carbons (Fsp3) is 0.0500. The number of hydrogen-bond donors (Lipinski definition) is 1. The quantitative estimate of drug-likeness (QED) is 0.403. The Morgan fingerprint density at radius 3 is 2.54 bits per heavy atom. The summed E-state index contributed by atoms with van der Waals surface area (Å²) in [5.74, 6) is 0. The highest BCUT2D eigenvalue weighted by Gasteiger charge is 2.10. The summed E-state index contributed by atoms with van der Waals surface area (Å²) < 4.78 is 0. The van der Waals surface area contributed by atoms with Crippen molar-refractivity contribution in [3.8, 4) is 0 Å². The summed E-state index contributed by atoms with van der Waals surface area (Å²) in [7, 11) is 0. The summed E-state index contributed by atoms with van der Waals surface area (Å²) in [6, 6.07) is 20.1. The number of hydrogen-bond acceptors (Lipinski definition) is 2. The first-order valence-corrected chi connectivity index (χ1v) is 8.39. The number of aromatic nitrogens is 1.